The van der Waals surface area contributed by atoms with Gasteiger partial charge in [0.25, 0.3) is 0 Å². The third kappa shape index (κ3) is 21.8. The van der Waals surface area contributed by atoms with Gasteiger partial charge < -0.3 is 4.74 Å². The highest BCUT2D eigenvalue weighted by Gasteiger charge is 2.04. The van der Waals surface area contributed by atoms with Crippen molar-refractivity contribution in [1.29, 1.82) is 0 Å². The van der Waals surface area contributed by atoms with Gasteiger partial charge in [0.2, 0.25) is 0 Å². The normalized spacial score (nSPS) is 12.2. The molecule has 0 aliphatic heterocycles. The topological polar surface area (TPSA) is 26.3 Å². The molecule has 0 radical (unpaired) electrons. The second-order valence-electron chi connectivity index (χ2n) is 8.96. The van der Waals surface area contributed by atoms with E-state index in [1.54, 1.807) is 0 Å². The minimum Gasteiger partial charge on any atom is -0.466 e. The molecule has 0 aliphatic rings. The van der Waals surface area contributed by atoms with Crippen LogP contribution in [0.4, 0.5) is 0 Å². The summed E-state index contributed by atoms with van der Waals surface area (Å²) in [5.74, 6) is 0.913. The fourth-order valence-electron chi connectivity index (χ4n) is 3.85. The van der Waals surface area contributed by atoms with Crippen molar-refractivity contribution in [3.8, 4) is 0 Å². The third-order valence-electron chi connectivity index (χ3n) is 5.89. The number of rotatable bonds is 22. The summed E-state index contributed by atoms with van der Waals surface area (Å²) in [5, 5.41) is 0. The second kappa shape index (κ2) is 22.8. The van der Waals surface area contributed by atoms with Crippen LogP contribution in [-0.4, -0.2) is 12.6 Å². The highest BCUT2D eigenvalue weighted by Crippen LogP contribution is 2.18. The summed E-state index contributed by atoms with van der Waals surface area (Å²) >= 11 is 0. The number of hydrogen-bond acceptors (Lipinski definition) is 2. The summed E-state index contributed by atoms with van der Waals surface area (Å²) < 4.78 is 5.37. The summed E-state index contributed by atoms with van der Waals surface area (Å²) in [7, 11) is 0. The van der Waals surface area contributed by atoms with Gasteiger partial charge >= 0.3 is 5.97 Å². The van der Waals surface area contributed by atoms with Crippen LogP contribution < -0.4 is 0 Å². The van der Waals surface area contributed by atoms with Crippen molar-refractivity contribution in [3.05, 3.63) is 0 Å². The summed E-state index contributed by atoms with van der Waals surface area (Å²) in [6, 6.07) is 0. The van der Waals surface area contributed by atoms with Crippen molar-refractivity contribution in [2.45, 2.75) is 149 Å². The first-order chi connectivity index (χ1) is 13.7. The molecule has 1 unspecified atom stereocenters. The van der Waals surface area contributed by atoms with Crippen LogP contribution in [-0.2, 0) is 9.53 Å². The lowest BCUT2D eigenvalue weighted by atomic mass is 9.96. The fraction of sp³-hybridized carbons (Fsp3) is 0.962. The molecule has 2 nitrogen and oxygen atoms in total. The first-order valence-corrected chi connectivity index (χ1v) is 12.9. The van der Waals surface area contributed by atoms with Crippen molar-refractivity contribution >= 4 is 5.97 Å². The lowest BCUT2D eigenvalue weighted by molar-refractivity contribution is -0.143. The quantitative estimate of drug-likeness (QED) is 0.135. The summed E-state index contributed by atoms with van der Waals surface area (Å²) in [6.07, 6.45) is 25.4. The molecular weight excluding hydrogens is 344 g/mol. The smallest absolute Gasteiger partial charge is 0.305 e. The SMILES string of the molecule is CCCCCCCCCC(=O)OCCCCCCCC(C)CCCCCCC. The lowest BCUT2D eigenvalue weighted by Crippen LogP contribution is -2.05. The van der Waals surface area contributed by atoms with Gasteiger partial charge in [-0.15, -0.1) is 0 Å². The van der Waals surface area contributed by atoms with Gasteiger partial charge in [-0.3, -0.25) is 4.79 Å². The minimum atomic E-state index is 0.0151. The molecule has 0 N–H and O–H groups in total. The van der Waals surface area contributed by atoms with Gasteiger partial charge in [-0.25, -0.2) is 0 Å². The van der Waals surface area contributed by atoms with E-state index in [2.05, 4.69) is 20.8 Å². The molecule has 0 amide bonds. The zero-order chi connectivity index (χ0) is 20.7. The predicted octanol–water partition coefficient (Wildman–Crippen LogP) is 9.01. The van der Waals surface area contributed by atoms with Gasteiger partial charge in [0.05, 0.1) is 6.61 Å². The van der Waals surface area contributed by atoms with Crippen LogP contribution in [0.2, 0.25) is 0 Å². The Morgan fingerprint density at radius 1 is 0.607 bits per heavy atom. The minimum absolute atomic E-state index is 0.0151. The van der Waals surface area contributed by atoms with Crippen molar-refractivity contribution in [2.24, 2.45) is 5.92 Å². The molecule has 0 saturated carbocycles. The van der Waals surface area contributed by atoms with Crippen molar-refractivity contribution < 1.29 is 9.53 Å². The van der Waals surface area contributed by atoms with Crippen LogP contribution in [0.1, 0.15) is 149 Å². The van der Waals surface area contributed by atoms with Gasteiger partial charge in [-0.1, -0.05) is 130 Å². The Labute approximate surface area is 177 Å². The molecule has 28 heavy (non-hydrogen) atoms. The van der Waals surface area contributed by atoms with Crippen LogP contribution in [0.3, 0.4) is 0 Å². The molecule has 0 aromatic rings. The Morgan fingerprint density at radius 3 is 1.57 bits per heavy atom. The van der Waals surface area contributed by atoms with Crippen LogP contribution in [0.5, 0.6) is 0 Å². The Morgan fingerprint density at radius 2 is 1.04 bits per heavy atom. The van der Waals surface area contributed by atoms with E-state index in [1.807, 2.05) is 0 Å². The lowest BCUT2D eigenvalue weighted by Gasteiger charge is -2.11. The Hall–Kier alpha value is -0.530. The highest BCUT2D eigenvalue weighted by molar-refractivity contribution is 5.69. The Kier molecular flexibility index (Phi) is 22.3. The average Bonchev–Trinajstić information content (AvgIpc) is 2.69. The predicted molar refractivity (Wildman–Crippen MR) is 124 cm³/mol. The molecule has 0 aromatic carbocycles. The zero-order valence-electron chi connectivity index (χ0n) is 19.7. The maximum Gasteiger partial charge on any atom is 0.305 e. The number of ether oxygens (including phenoxy) is 1. The van der Waals surface area contributed by atoms with Gasteiger partial charge in [0.15, 0.2) is 0 Å². The van der Waals surface area contributed by atoms with Crippen LogP contribution >= 0.6 is 0 Å². The van der Waals surface area contributed by atoms with E-state index in [0.29, 0.717) is 13.0 Å². The number of unbranched alkanes of at least 4 members (excludes halogenated alkanes) is 14. The molecule has 0 rings (SSSR count). The number of esters is 1. The van der Waals surface area contributed by atoms with Gasteiger partial charge in [0.1, 0.15) is 0 Å². The van der Waals surface area contributed by atoms with E-state index in [4.69, 9.17) is 4.74 Å². The molecule has 1 atom stereocenters. The molecule has 0 bridgehead atoms. The fourth-order valence-corrected chi connectivity index (χ4v) is 3.85. The monoisotopic (exact) mass is 396 g/mol. The first kappa shape index (κ1) is 27.5. The van der Waals surface area contributed by atoms with E-state index in [-0.39, 0.29) is 5.97 Å². The van der Waals surface area contributed by atoms with E-state index in [9.17, 15) is 4.79 Å². The van der Waals surface area contributed by atoms with Crippen molar-refractivity contribution in [1.82, 2.24) is 0 Å². The van der Waals surface area contributed by atoms with Crippen molar-refractivity contribution in [2.75, 3.05) is 6.61 Å². The number of carbonyl (C=O) groups excluding carboxylic acids is 1. The third-order valence-corrected chi connectivity index (χ3v) is 5.89. The molecule has 0 saturated heterocycles. The molecule has 0 fully saturated rings. The van der Waals surface area contributed by atoms with E-state index >= 15 is 0 Å². The van der Waals surface area contributed by atoms with E-state index in [1.165, 1.54) is 109 Å². The maximum atomic E-state index is 11.7. The molecule has 0 aliphatic carbocycles. The molecule has 0 aromatic heterocycles. The summed E-state index contributed by atoms with van der Waals surface area (Å²) in [5.41, 5.74) is 0. The molecule has 0 spiro atoms. The van der Waals surface area contributed by atoms with Gasteiger partial charge in [0, 0.05) is 6.42 Å². The summed E-state index contributed by atoms with van der Waals surface area (Å²) in [6.45, 7) is 7.58. The molecule has 0 heterocycles. The zero-order valence-corrected chi connectivity index (χ0v) is 19.7. The number of hydrogen-bond donors (Lipinski definition) is 0. The van der Waals surface area contributed by atoms with Gasteiger partial charge in [-0.05, 0) is 18.8 Å². The van der Waals surface area contributed by atoms with E-state index < -0.39 is 0 Å². The van der Waals surface area contributed by atoms with Crippen LogP contribution in [0.15, 0.2) is 0 Å². The maximum absolute atomic E-state index is 11.7. The largest absolute Gasteiger partial charge is 0.466 e. The van der Waals surface area contributed by atoms with Crippen molar-refractivity contribution in [3.63, 3.8) is 0 Å². The standard InChI is InChI=1S/C26H52O2/c1-4-6-8-10-11-15-19-23-26(27)28-24-20-16-12-14-18-22-25(3)21-17-13-9-7-5-2/h25H,4-24H2,1-3H3. The Balaban J connectivity index is 3.24. The second-order valence-corrected chi connectivity index (χ2v) is 8.96. The molecule has 168 valence electrons. The number of carbonyl (C=O) groups is 1. The Bertz CT molecular complexity index is 314. The van der Waals surface area contributed by atoms with Crippen LogP contribution in [0.25, 0.3) is 0 Å². The first-order valence-electron chi connectivity index (χ1n) is 12.9. The van der Waals surface area contributed by atoms with Crippen LogP contribution in [0, 0.1) is 5.92 Å². The van der Waals surface area contributed by atoms with E-state index in [0.717, 1.165) is 18.8 Å². The molecule has 2 heteroatoms. The van der Waals surface area contributed by atoms with Gasteiger partial charge in [-0.2, -0.15) is 0 Å². The molecular formula is C26H52O2. The average molecular weight is 397 g/mol. The highest BCUT2D eigenvalue weighted by atomic mass is 16.5. The summed E-state index contributed by atoms with van der Waals surface area (Å²) in [4.78, 5) is 11.7.